The van der Waals surface area contributed by atoms with Crippen molar-refractivity contribution in [3.8, 4) is 0 Å². The first-order valence-corrected chi connectivity index (χ1v) is 4.87. The summed E-state index contributed by atoms with van der Waals surface area (Å²) in [6, 6.07) is 5.07. The van der Waals surface area contributed by atoms with Crippen LogP contribution < -0.4 is 0 Å². The third-order valence-electron chi connectivity index (χ3n) is 2.02. The minimum absolute atomic E-state index is 0.0128. The zero-order chi connectivity index (χ0) is 10.6. The highest BCUT2D eigenvalue weighted by atomic mass is 35.5. The number of aldehydes is 1. The standard InChI is InChI=1S/C11H11ClO2/c1-8-2-3-9(7-13)6-10(8)11(14)4-5-12/h2-3,6-7H,4-5H2,1H3. The highest BCUT2D eigenvalue weighted by molar-refractivity contribution is 6.19. The Labute approximate surface area is 87.9 Å². The lowest BCUT2D eigenvalue weighted by Crippen LogP contribution is -2.03. The number of hydrogen-bond donors (Lipinski definition) is 0. The number of alkyl halides is 1. The van der Waals surface area contributed by atoms with Crippen LogP contribution in [0.1, 0.15) is 32.7 Å². The highest BCUT2D eigenvalue weighted by Gasteiger charge is 2.08. The van der Waals surface area contributed by atoms with Crippen molar-refractivity contribution in [2.75, 3.05) is 5.88 Å². The lowest BCUT2D eigenvalue weighted by molar-refractivity contribution is 0.0988. The quantitative estimate of drug-likeness (QED) is 0.435. The molecule has 0 N–H and O–H groups in total. The Hall–Kier alpha value is -1.15. The van der Waals surface area contributed by atoms with Gasteiger partial charge >= 0.3 is 0 Å². The Bertz CT molecular complexity index is 358. The van der Waals surface area contributed by atoms with Gasteiger partial charge in [-0.1, -0.05) is 12.1 Å². The molecule has 0 heterocycles. The molecule has 0 amide bonds. The second-order valence-corrected chi connectivity index (χ2v) is 3.43. The van der Waals surface area contributed by atoms with E-state index in [1.165, 1.54) is 0 Å². The van der Waals surface area contributed by atoms with Crippen molar-refractivity contribution in [3.05, 3.63) is 34.9 Å². The van der Waals surface area contributed by atoms with Crippen LogP contribution in [0.4, 0.5) is 0 Å². The number of benzene rings is 1. The van der Waals surface area contributed by atoms with Gasteiger partial charge in [0.1, 0.15) is 6.29 Å². The van der Waals surface area contributed by atoms with Crippen molar-refractivity contribution in [1.82, 2.24) is 0 Å². The maximum Gasteiger partial charge on any atom is 0.164 e. The number of carbonyl (C=O) groups excluding carboxylic acids is 2. The van der Waals surface area contributed by atoms with Gasteiger partial charge in [0.2, 0.25) is 0 Å². The van der Waals surface area contributed by atoms with E-state index in [9.17, 15) is 9.59 Å². The average molecular weight is 211 g/mol. The molecular weight excluding hydrogens is 200 g/mol. The van der Waals surface area contributed by atoms with Crippen LogP contribution >= 0.6 is 11.6 Å². The Morgan fingerprint density at radius 2 is 2.21 bits per heavy atom. The molecule has 0 radical (unpaired) electrons. The first-order valence-electron chi connectivity index (χ1n) is 4.34. The molecule has 0 spiro atoms. The Kier molecular flexibility index (Phi) is 3.84. The van der Waals surface area contributed by atoms with Gasteiger partial charge in [-0.05, 0) is 18.6 Å². The molecule has 0 bridgehead atoms. The molecule has 2 nitrogen and oxygen atoms in total. The van der Waals surface area contributed by atoms with Crippen LogP contribution in [0.15, 0.2) is 18.2 Å². The van der Waals surface area contributed by atoms with Crippen LogP contribution in [0, 0.1) is 6.92 Å². The van der Waals surface area contributed by atoms with E-state index in [0.717, 1.165) is 11.8 Å². The van der Waals surface area contributed by atoms with Gasteiger partial charge in [0.05, 0.1) is 0 Å². The van der Waals surface area contributed by atoms with E-state index in [4.69, 9.17) is 11.6 Å². The van der Waals surface area contributed by atoms with Crippen LogP contribution in [0.5, 0.6) is 0 Å². The number of carbonyl (C=O) groups is 2. The zero-order valence-corrected chi connectivity index (χ0v) is 8.67. The molecule has 74 valence electrons. The topological polar surface area (TPSA) is 34.1 Å². The fourth-order valence-corrected chi connectivity index (χ4v) is 1.41. The van der Waals surface area contributed by atoms with Crippen LogP contribution in [-0.2, 0) is 0 Å². The van der Waals surface area contributed by atoms with Crippen molar-refractivity contribution < 1.29 is 9.59 Å². The largest absolute Gasteiger partial charge is 0.298 e. The summed E-state index contributed by atoms with van der Waals surface area (Å²) in [4.78, 5) is 22.0. The van der Waals surface area contributed by atoms with Gasteiger partial charge in [-0.15, -0.1) is 11.6 Å². The SMILES string of the molecule is Cc1ccc(C=O)cc1C(=O)CCCl. The van der Waals surface area contributed by atoms with E-state index >= 15 is 0 Å². The smallest absolute Gasteiger partial charge is 0.164 e. The van der Waals surface area contributed by atoms with Crippen LogP contribution in [0.25, 0.3) is 0 Å². The van der Waals surface area contributed by atoms with E-state index in [0.29, 0.717) is 23.4 Å². The number of Topliss-reactive ketones (excluding diaryl/α,β-unsaturated/α-hetero) is 1. The summed E-state index contributed by atoms with van der Waals surface area (Å²) < 4.78 is 0. The lowest BCUT2D eigenvalue weighted by Gasteiger charge is -2.03. The summed E-state index contributed by atoms with van der Waals surface area (Å²) in [5.41, 5.74) is 1.99. The van der Waals surface area contributed by atoms with E-state index < -0.39 is 0 Å². The van der Waals surface area contributed by atoms with Crippen molar-refractivity contribution in [3.63, 3.8) is 0 Å². The molecule has 0 fully saturated rings. The molecule has 1 rings (SSSR count). The molecule has 1 aromatic carbocycles. The highest BCUT2D eigenvalue weighted by Crippen LogP contribution is 2.12. The summed E-state index contributed by atoms with van der Waals surface area (Å²) in [5.74, 6) is 0.296. The maximum atomic E-state index is 11.5. The number of rotatable bonds is 4. The molecule has 0 saturated carbocycles. The lowest BCUT2D eigenvalue weighted by atomic mass is 10.0. The molecule has 0 aliphatic carbocycles. The van der Waals surface area contributed by atoms with E-state index in [-0.39, 0.29) is 5.78 Å². The van der Waals surface area contributed by atoms with Gasteiger partial charge in [-0.3, -0.25) is 9.59 Å². The summed E-state index contributed by atoms with van der Waals surface area (Å²) >= 11 is 5.48. The molecule has 0 atom stereocenters. The maximum absolute atomic E-state index is 11.5. The van der Waals surface area contributed by atoms with Crippen LogP contribution in [0.3, 0.4) is 0 Å². The number of aryl methyl sites for hydroxylation is 1. The summed E-state index contributed by atoms with van der Waals surface area (Å²) in [6.45, 7) is 1.84. The van der Waals surface area contributed by atoms with Crippen molar-refractivity contribution >= 4 is 23.7 Å². The van der Waals surface area contributed by atoms with Crippen LogP contribution in [0.2, 0.25) is 0 Å². The van der Waals surface area contributed by atoms with Crippen LogP contribution in [-0.4, -0.2) is 17.9 Å². The second-order valence-electron chi connectivity index (χ2n) is 3.05. The molecule has 14 heavy (non-hydrogen) atoms. The fourth-order valence-electron chi connectivity index (χ4n) is 1.23. The van der Waals surface area contributed by atoms with E-state index in [1.807, 2.05) is 6.92 Å². The Balaban J connectivity index is 3.05. The number of hydrogen-bond acceptors (Lipinski definition) is 2. The van der Waals surface area contributed by atoms with Gasteiger partial charge in [0, 0.05) is 23.4 Å². The van der Waals surface area contributed by atoms with Crippen molar-refractivity contribution in [2.45, 2.75) is 13.3 Å². The Morgan fingerprint density at radius 3 is 2.79 bits per heavy atom. The molecule has 0 aliphatic rings. The van der Waals surface area contributed by atoms with Crippen molar-refractivity contribution in [1.29, 1.82) is 0 Å². The third kappa shape index (κ3) is 2.42. The summed E-state index contributed by atoms with van der Waals surface area (Å²) in [6.07, 6.45) is 1.04. The predicted octanol–water partition coefficient (Wildman–Crippen LogP) is 2.62. The summed E-state index contributed by atoms with van der Waals surface area (Å²) in [5, 5.41) is 0. The zero-order valence-electron chi connectivity index (χ0n) is 7.92. The molecule has 3 heteroatoms. The van der Waals surface area contributed by atoms with Gasteiger partial charge in [0.25, 0.3) is 0 Å². The van der Waals surface area contributed by atoms with Crippen molar-refractivity contribution in [2.24, 2.45) is 0 Å². The summed E-state index contributed by atoms with van der Waals surface area (Å²) in [7, 11) is 0. The first-order chi connectivity index (χ1) is 6.69. The molecule has 0 unspecified atom stereocenters. The predicted molar refractivity (Wildman–Crippen MR) is 56.2 cm³/mol. The number of halogens is 1. The van der Waals surface area contributed by atoms with Gasteiger partial charge in [0.15, 0.2) is 5.78 Å². The average Bonchev–Trinajstić information content (AvgIpc) is 2.19. The Morgan fingerprint density at radius 1 is 1.50 bits per heavy atom. The monoisotopic (exact) mass is 210 g/mol. The first kappa shape index (κ1) is 10.9. The second kappa shape index (κ2) is 4.91. The molecule has 0 aliphatic heterocycles. The fraction of sp³-hybridized carbons (Fsp3) is 0.273. The minimum atomic E-state index is -0.0128. The van der Waals surface area contributed by atoms with Gasteiger partial charge < -0.3 is 0 Å². The molecule has 0 aromatic heterocycles. The molecule has 1 aromatic rings. The number of ketones is 1. The molecular formula is C11H11ClO2. The van der Waals surface area contributed by atoms with E-state index in [2.05, 4.69) is 0 Å². The third-order valence-corrected chi connectivity index (χ3v) is 2.21. The van der Waals surface area contributed by atoms with Gasteiger partial charge in [-0.2, -0.15) is 0 Å². The van der Waals surface area contributed by atoms with E-state index in [1.54, 1.807) is 18.2 Å². The molecule has 0 saturated heterocycles. The normalized spacial score (nSPS) is 9.86. The van der Waals surface area contributed by atoms with Gasteiger partial charge in [-0.25, -0.2) is 0 Å². The minimum Gasteiger partial charge on any atom is -0.298 e.